The number of anilines is 1. The second-order valence-corrected chi connectivity index (χ2v) is 4.82. The molecule has 1 rings (SSSR count). The van der Waals surface area contributed by atoms with E-state index in [-0.39, 0.29) is 6.03 Å². The lowest BCUT2D eigenvalue weighted by Crippen LogP contribution is -2.32. The van der Waals surface area contributed by atoms with Crippen molar-refractivity contribution < 1.29 is 9.90 Å². The number of benzene rings is 1. The summed E-state index contributed by atoms with van der Waals surface area (Å²) < 4.78 is 0. The number of rotatable bonds is 6. The lowest BCUT2D eigenvalue weighted by atomic mass is 10.0. The highest BCUT2D eigenvalue weighted by Gasteiger charge is 2.07. The fourth-order valence-electron chi connectivity index (χ4n) is 1.83. The Balaban J connectivity index is 2.44. The van der Waals surface area contributed by atoms with Gasteiger partial charge in [0.25, 0.3) is 0 Å². The van der Waals surface area contributed by atoms with Gasteiger partial charge in [0.1, 0.15) is 0 Å². The minimum atomic E-state index is -0.488. The normalized spacial score (nSPS) is 12.3. The molecule has 2 amide bonds. The Morgan fingerprint density at radius 1 is 1.21 bits per heavy atom. The third-order valence-corrected chi connectivity index (χ3v) is 3.36. The summed E-state index contributed by atoms with van der Waals surface area (Å²) in [4.78, 5) is 11.7. The molecule has 4 nitrogen and oxygen atoms in total. The van der Waals surface area contributed by atoms with Crippen LogP contribution in [0.4, 0.5) is 10.5 Å². The standard InChI is InChI=1S/C15H24N2O2/c1-4-12(5-2)10-16-15(19)17-14-8-6-13(7-9-14)11(3)18/h6-9,11-12,18H,4-5,10H2,1-3H3,(H2,16,17,19). The molecule has 1 aromatic rings. The number of aliphatic hydroxyl groups is 1. The average Bonchev–Trinajstić information content (AvgIpc) is 2.40. The van der Waals surface area contributed by atoms with E-state index in [1.54, 1.807) is 31.2 Å². The van der Waals surface area contributed by atoms with Crippen LogP contribution in [0.3, 0.4) is 0 Å². The zero-order valence-electron chi connectivity index (χ0n) is 11.9. The first-order valence-corrected chi connectivity index (χ1v) is 6.89. The smallest absolute Gasteiger partial charge is 0.319 e. The molecule has 0 fully saturated rings. The molecule has 0 aliphatic heterocycles. The van der Waals surface area contributed by atoms with Gasteiger partial charge in [-0.15, -0.1) is 0 Å². The second kappa shape index (κ2) is 7.79. The van der Waals surface area contributed by atoms with Gasteiger partial charge in [-0.05, 0) is 30.5 Å². The van der Waals surface area contributed by atoms with E-state index < -0.39 is 6.10 Å². The summed E-state index contributed by atoms with van der Waals surface area (Å²) in [7, 11) is 0. The molecule has 0 bridgehead atoms. The molecule has 106 valence electrons. The van der Waals surface area contributed by atoms with Crippen molar-refractivity contribution in [2.75, 3.05) is 11.9 Å². The monoisotopic (exact) mass is 264 g/mol. The van der Waals surface area contributed by atoms with Crippen LogP contribution in [0, 0.1) is 5.92 Å². The Labute approximate surface area is 115 Å². The molecular weight excluding hydrogens is 240 g/mol. The Bertz CT molecular complexity index is 384. The van der Waals surface area contributed by atoms with Gasteiger partial charge < -0.3 is 15.7 Å². The average molecular weight is 264 g/mol. The topological polar surface area (TPSA) is 61.4 Å². The van der Waals surface area contributed by atoms with Crippen molar-refractivity contribution in [2.24, 2.45) is 5.92 Å². The molecule has 3 N–H and O–H groups in total. The van der Waals surface area contributed by atoms with Crippen LogP contribution in [-0.4, -0.2) is 17.7 Å². The van der Waals surface area contributed by atoms with Crippen LogP contribution in [-0.2, 0) is 0 Å². The number of urea groups is 1. The quantitative estimate of drug-likeness (QED) is 0.738. The summed E-state index contributed by atoms with van der Waals surface area (Å²) in [5.41, 5.74) is 1.56. The van der Waals surface area contributed by atoms with Crippen molar-refractivity contribution in [1.82, 2.24) is 5.32 Å². The van der Waals surface area contributed by atoms with E-state index in [0.29, 0.717) is 12.5 Å². The minimum Gasteiger partial charge on any atom is -0.389 e. The third kappa shape index (κ3) is 5.30. The molecule has 1 aromatic carbocycles. The Hall–Kier alpha value is -1.55. The van der Waals surface area contributed by atoms with Gasteiger partial charge in [0, 0.05) is 12.2 Å². The molecule has 4 heteroatoms. The predicted octanol–water partition coefficient (Wildman–Crippen LogP) is 3.30. The largest absolute Gasteiger partial charge is 0.389 e. The van der Waals surface area contributed by atoms with E-state index in [1.165, 1.54) is 0 Å². The Morgan fingerprint density at radius 3 is 2.26 bits per heavy atom. The van der Waals surface area contributed by atoms with Crippen LogP contribution < -0.4 is 10.6 Å². The summed E-state index contributed by atoms with van der Waals surface area (Å²) in [6, 6.07) is 7.01. The van der Waals surface area contributed by atoms with Crippen molar-refractivity contribution in [3.8, 4) is 0 Å². The minimum absolute atomic E-state index is 0.184. The molecule has 0 radical (unpaired) electrons. The SMILES string of the molecule is CCC(CC)CNC(=O)Nc1ccc(C(C)O)cc1. The third-order valence-electron chi connectivity index (χ3n) is 3.36. The van der Waals surface area contributed by atoms with Crippen LogP contribution in [0.1, 0.15) is 45.3 Å². The maximum atomic E-state index is 11.7. The van der Waals surface area contributed by atoms with E-state index in [1.807, 2.05) is 0 Å². The van der Waals surface area contributed by atoms with Crippen molar-refractivity contribution in [3.05, 3.63) is 29.8 Å². The number of hydrogen-bond acceptors (Lipinski definition) is 2. The molecule has 0 heterocycles. The number of aliphatic hydroxyl groups excluding tert-OH is 1. The summed E-state index contributed by atoms with van der Waals surface area (Å²) in [6.45, 7) is 6.67. The van der Waals surface area contributed by atoms with Gasteiger partial charge in [-0.3, -0.25) is 0 Å². The van der Waals surface area contributed by atoms with Gasteiger partial charge in [0.05, 0.1) is 6.10 Å². The zero-order chi connectivity index (χ0) is 14.3. The molecule has 19 heavy (non-hydrogen) atoms. The highest BCUT2D eigenvalue weighted by molar-refractivity contribution is 5.89. The highest BCUT2D eigenvalue weighted by atomic mass is 16.3. The second-order valence-electron chi connectivity index (χ2n) is 4.82. The van der Waals surface area contributed by atoms with E-state index in [4.69, 9.17) is 0 Å². The van der Waals surface area contributed by atoms with Crippen LogP contribution in [0.15, 0.2) is 24.3 Å². The molecule has 0 spiro atoms. The van der Waals surface area contributed by atoms with Crippen LogP contribution in [0.25, 0.3) is 0 Å². The van der Waals surface area contributed by atoms with E-state index in [0.717, 1.165) is 24.1 Å². The Morgan fingerprint density at radius 2 is 1.79 bits per heavy atom. The fraction of sp³-hybridized carbons (Fsp3) is 0.533. The number of hydrogen-bond donors (Lipinski definition) is 3. The first-order chi connectivity index (χ1) is 9.06. The molecule has 0 aromatic heterocycles. The lowest BCUT2D eigenvalue weighted by molar-refractivity contribution is 0.199. The molecule has 0 saturated heterocycles. The fourth-order valence-corrected chi connectivity index (χ4v) is 1.83. The van der Waals surface area contributed by atoms with Crippen LogP contribution >= 0.6 is 0 Å². The number of nitrogens with one attached hydrogen (secondary N) is 2. The Kier molecular flexibility index (Phi) is 6.36. The predicted molar refractivity (Wildman–Crippen MR) is 78.2 cm³/mol. The summed E-state index contributed by atoms with van der Waals surface area (Å²) in [6.07, 6.45) is 1.65. The summed E-state index contributed by atoms with van der Waals surface area (Å²) in [5, 5.41) is 15.0. The molecular formula is C15H24N2O2. The van der Waals surface area contributed by atoms with Gasteiger partial charge in [-0.25, -0.2) is 4.79 Å². The van der Waals surface area contributed by atoms with Crippen molar-refractivity contribution in [2.45, 2.75) is 39.7 Å². The van der Waals surface area contributed by atoms with Crippen LogP contribution in [0.5, 0.6) is 0 Å². The molecule has 0 aliphatic rings. The van der Waals surface area contributed by atoms with E-state index in [2.05, 4.69) is 24.5 Å². The first-order valence-electron chi connectivity index (χ1n) is 6.89. The van der Waals surface area contributed by atoms with Crippen LogP contribution in [0.2, 0.25) is 0 Å². The maximum absolute atomic E-state index is 11.7. The molecule has 1 atom stereocenters. The van der Waals surface area contributed by atoms with Crippen molar-refractivity contribution >= 4 is 11.7 Å². The van der Waals surface area contributed by atoms with Gasteiger partial charge in [0.2, 0.25) is 0 Å². The molecule has 0 saturated carbocycles. The first kappa shape index (κ1) is 15.5. The van der Waals surface area contributed by atoms with Gasteiger partial charge in [-0.2, -0.15) is 0 Å². The lowest BCUT2D eigenvalue weighted by Gasteiger charge is -2.14. The van der Waals surface area contributed by atoms with Crippen molar-refractivity contribution in [1.29, 1.82) is 0 Å². The summed E-state index contributed by atoms with van der Waals surface area (Å²) >= 11 is 0. The van der Waals surface area contributed by atoms with Gasteiger partial charge >= 0.3 is 6.03 Å². The maximum Gasteiger partial charge on any atom is 0.319 e. The molecule has 1 unspecified atom stereocenters. The number of carbonyl (C=O) groups is 1. The van der Waals surface area contributed by atoms with E-state index in [9.17, 15) is 9.90 Å². The number of carbonyl (C=O) groups excluding carboxylic acids is 1. The van der Waals surface area contributed by atoms with E-state index >= 15 is 0 Å². The number of amides is 2. The highest BCUT2D eigenvalue weighted by Crippen LogP contribution is 2.15. The van der Waals surface area contributed by atoms with Gasteiger partial charge in [-0.1, -0.05) is 38.8 Å². The summed E-state index contributed by atoms with van der Waals surface area (Å²) in [5.74, 6) is 0.531. The van der Waals surface area contributed by atoms with Crippen molar-refractivity contribution in [3.63, 3.8) is 0 Å². The van der Waals surface area contributed by atoms with Gasteiger partial charge in [0.15, 0.2) is 0 Å². The molecule has 0 aliphatic carbocycles. The zero-order valence-corrected chi connectivity index (χ0v) is 11.9.